The number of methoxy groups -OCH3 is 1. The number of piperidine rings is 1. The average Bonchev–Trinajstić information content (AvgIpc) is 2.46. The highest BCUT2D eigenvalue weighted by Crippen LogP contribution is 2.20. The summed E-state index contributed by atoms with van der Waals surface area (Å²) >= 11 is 0. The van der Waals surface area contributed by atoms with Crippen LogP contribution in [0.3, 0.4) is 0 Å². The van der Waals surface area contributed by atoms with Crippen LogP contribution < -0.4 is 0 Å². The van der Waals surface area contributed by atoms with Crippen LogP contribution in [0.25, 0.3) is 0 Å². The Morgan fingerprint density at radius 2 is 2.10 bits per heavy atom. The zero-order valence-corrected chi connectivity index (χ0v) is 13.6. The minimum Gasteiger partial charge on any atom is -0.469 e. The number of hydrogen-bond donors (Lipinski definition) is 0. The zero-order chi connectivity index (χ0) is 15.8. The van der Waals surface area contributed by atoms with Crippen molar-refractivity contribution in [3.05, 3.63) is 12.2 Å². The van der Waals surface area contributed by atoms with E-state index in [-0.39, 0.29) is 17.9 Å². The van der Waals surface area contributed by atoms with E-state index in [0.29, 0.717) is 26.1 Å². The highest BCUT2D eigenvalue weighted by Gasteiger charge is 2.27. The first kappa shape index (κ1) is 17.7. The Morgan fingerprint density at radius 3 is 2.67 bits per heavy atom. The largest absolute Gasteiger partial charge is 0.469 e. The molecule has 1 amide bonds. The Labute approximate surface area is 127 Å². The molecule has 1 fully saturated rings. The molecular weight excluding hydrogens is 268 g/mol. The van der Waals surface area contributed by atoms with Gasteiger partial charge in [0.2, 0.25) is 5.91 Å². The molecule has 5 nitrogen and oxygen atoms in total. The number of likely N-dealkylation sites (N-methyl/N-ethyl adjacent to an activating group) is 1. The maximum Gasteiger partial charge on any atom is 0.307 e. The van der Waals surface area contributed by atoms with Crippen molar-refractivity contribution in [1.82, 2.24) is 9.80 Å². The normalized spacial score (nSPS) is 19.1. The number of carbonyl (C=O) groups is 2. The number of ether oxygens (including phenoxy) is 1. The van der Waals surface area contributed by atoms with E-state index in [9.17, 15) is 9.59 Å². The second-order valence-electron chi connectivity index (χ2n) is 5.77. The summed E-state index contributed by atoms with van der Waals surface area (Å²) in [7, 11) is 1.41. The maximum absolute atomic E-state index is 12.4. The van der Waals surface area contributed by atoms with Crippen molar-refractivity contribution in [3.8, 4) is 0 Å². The molecule has 1 unspecified atom stereocenters. The number of likely N-dealkylation sites (tertiary alicyclic amines) is 1. The van der Waals surface area contributed by atoms with Crippen LogP contribution in [-0.4, -0.2) is 61.0 Å². The summed E-state index contributed by atoms with van der Waals surface area (Å²) in [5.41, 5.74) is 0.981. The Kier molecular flexibility index (Phi) is 7.43. The molecule has 1 saturated heterocycles. The average molecular weight is 296 g/mol. The van der Waals surface area contributed by atoms with Gasteiger partial charge in [-0.25, -0.2) is 0 Å². The van der Waals surface area contributed by atoms with Crippen molar-refractivity contribution in [2.45, 2.75) is 45.6 Å². The smallest absolute Gasteiger partial charge is 0.307 e. The van der Waals surface area contributed by atoms with E-state index in [2.05, 4.69) is 11.5 Å². The van der Waals surface area contributed by atoms with Gasteiger partial charge in [-0.2, -0.15) is 0 Å². The van der Waals surface area contributed by atoms with Crippen LogP contribution in [0.15, 0.2) is 12.2 Å². The lowest BCUT2D eigenvalue weighted by Crippen LogP contribution is -2.47. The van der Waals surface area contributed by atoms with Crippen LogP contribution in [0, 0.1) is 0 Å². The minimum atomic E-state index is -0.200. The fourth-order valence-corrected chi connectivity index (χ4v) is 2.75. The van der Waals surface area contributed by atoms with Gasteiger partial charge >= 0.3 is 5.97 Å². The molecule has 1 atom stereocenters. The zero-order valence-electron chi connectivity index (χ0n) is 13.6. The fourth-order valence-electron chi connectivity index (χ4n) is 2.75. The minimum absolute atomic E-state index is 0.109. The molecule has 0 N–H and O–H groups in total. The van der Waals surface area contributed by atoms with Crippen molar-refractivity contribution in [1.29, 1.82) is 0 Å². The Morgan fingerprint density at radius 1 is 1.38 bits per heavy atom. The molecule has 1 rings (SSSR count). The molecule has 0 radical (unpaired) electrons. The maximum atomic E-state index is 12.4. The van der Waals surface area contributed by atoms with E-state index in [1.807, 2.05) is 18.7 Å². The van der Waals surface area contributed by atoms with Crippen molar-refractivity contribution in [2.75, 3.05) is 33.3 Å². The molecule has 0 aromatic heterocycles. The van der Waals surface area contributed by atoms with E-state index in [1.54, 1.807) is 0 Å². The van der Waals surface area contributed by atoms with E-state index in [0.717, 1.165) is 31.4 Å². The van der Waals surface area contributed by atoms with Gasteiger partial charge in [0, 0.05) is 19.1 Å². The highest BCUT2D eigenvalue weighted by molar-refractivity contribution is 5.78. The van der Waals surface area contributed by atoms with E-state index >= 15 is 0 Å². The van der Waals surface area contributed by atoms with Gasteiger partial charge in [-0.1, -0.05) is 18.6 Å². The van der Waals surface area contributed by atoms with Gasteiger partial charge in [0.1, 0.15) is 0 Å². The van der Waals surface area contributed by atoms with Crippen LogP contribution >= 0.6 is 0 Å². The third kappa shape index (κ3) is 5.87. The van der Waals surface area contributed by atoms with Crippen LogP contribution in [0.1, 0.15) is 39.5 Å². The van der Waals surface area contributed by atoms with Crippen LogP contribution in [0.4, 0.5) is 0 Å². The van der Waals surface area contributed by atoms with E-state index < -0.39 is 0 Å². The summed E-state index contributed by atoms with van der Waals surface area (Å²) in [5, 5.41) is 0. The van der Waals surface area contributed by atoms with Gasteiger partial charge in [-0.05, 0) is 33.2 Å². The molecule has 0 aromatic carbocycles. The summed E-state index contributed by atoms with van der Waals surface area (Å²) in [6.07, 6.45) is 3.51. The molecule has 0 saturated carbocycles. The monoisotopic (exact) mass is 296 g/mol. The number of hydrogen-bond acceptors (Lipinski definition) is 4. The predicted molar refractivity (Wildman–Crippen MR) is 82.9 cm³/mol. The van der Waals surface area contributed by atoms with Crippen LogP contribution in [-0.2, 0) is 14.3 Å². The molecule has 120 valence electrons. The first-order chi connectivity index (χ1) is 9.97. The van der Waals surface area contributed by atoms with Gasteiger partial charge < -0.3 is 9.64 Å². The van der Waals surface area contributed by atoms with Crippen molar-refractivity contribution in [2.24, 2.45) is 0 Å². The van der Waals surface area contributed by atoms with E-state index in [1.165, 1.54) is 7.11 Å². The fraction of sp³-hybridized carbons (Fsp3) is 0.750. The molecule has 0 aromatic rings. The number of rotatable bonds is 7. The molecule has 1 aliphatic rings. The topological polar surface area (TPSA) is 49.9 Å². The molecule has 0 spiro atoms. The highest BCUT2D eigenvalue weighted by atomic mass is 16.5. The summed E-state index contributed by atoms with van der Waals surface area (Å²) in [6, 6.07) is 0.124. The van der Waals surface area contributed by atoms with Crippen molar-refractivity contribution < 1.29 is 14.3 Å². The SMILES string of the molecule is C=C(C)CN(CC)C(=O)CN1CCCCC1CC(=O)OC. The van der Waals surface area contributed by atoms with E-state index in [4.69, 9.17) is 4.74 Å². The Hall–Kier alpha value is -1.36. The van der Waals surface area contributed by atoms with Gasteiger partial charge in [0.25, 0.3) is 0 Å². The first-order valence-electron chi connectivity index (χ1n) is 7.71. The molecular formula is C16H28N2O3. The van der Waals surface area contributed by atoms with Crippen molar-refractivity contribution in [3.63, 3.8) is 0 Å². The molecule has 1 heterocycles. The molecule has 21 heavy (non-hydrogen) atoms. The Bertz CT molecular complexity index is 382. The summed E-state index contributed by atoms with van der Waals surface area (Å²) in [6.45, 7) is 10.3. The quantitative estimate of drug-likeness (QED) is 0.531. The number of nitrogens with zero attached hydrogens (tertiary/aromatic N) is 2. The number of amides is 1. The third-order valence-corrected chi connectivity index (χ3v) is 3.91. The van der Waals surface area contributed by atoms with Crippen LogP contribution in [0.2, 0.25) is 0 Å². The third-order valence-electron chi connectivity index (χ3n) is 3.91. The molecule has 0 bridgehead atoms. The lowest BCUT2D eigenvalue weighted by molar-refractivity contribution is -0.143. The lowest BCUT2D eigenvalue weighted by atomic mass is 9.99. The second-order valence-corrected chi connectivity index (χ2v) is 5.77. The molecule has 5 heteroatoms. The summed E-state index contributed by atoms with van der Waals surface area (Å²) in [4.78, 5) is 27.8. The summed E-state index contributed by atoms with van der Waals surface area (Å²) < 4.78 is 4.75. The van der Waals surface area contributed by atoms with Gasteiger partial charge in [0.15, 0.2) is 0 Å². The van der Waals surface area contributed by atoms with Gasteiger partial charge in [-0.15, -0.1) is 0 Å². The first-order valence-corrected chi connectivity index (χ1v) is 7.71. The van der Waals surface area contributed by atoms with Gasteiger partial charge in [-0.3, -0.25) is 14.5 Å². The number of esters is 1. The standard InChI is InChI=1S/C16H28N2O3/c1-5-17(11-13(2)3)15(19)12-18-9-7-6-8-14(18)10-16(20)21-4/h14H,2,5-12H2,1,3-4H3. The van der Waals surface area contributed by atoms with Crippen molar-refractivity contribution >= 4 is 11.9 Å². The Balaban J connectivity index is 2.61. The number of carbonyl (C=O) groups excluding carboxylic acids is 2. The predicted octanol–water partition coefficient (Wildman–Crippen LogP) is 1.83. The summed E-state index contributed by atoms with van der Waals surface area (Å²) in [5.74, 6) is -0.0918. The molecule has 1 aliphatic heterocycles. The lowest BCUT2D eigenvalue weighted by Gasteiger charge is -2.36. The van der Waals surface area contributed by atoms with Gasteiger partial charge in [0.05, 0.1) is 20.1 Å². The van der Waals surface area contributed by atoms with Crippen LogP contribution in [0.5, 0.6) is 0 Å². The second kappa shape index (κ2) is 8.82. The molecule has 0 aliphatic carbocycles.